The molecule has 0 aliphatic heterocycles. The van der Waals surface area contributed by atoms with Gasteiger partial charge in [0.05, 0.1) is 12.1 Å². The Kier molecular flexibility index (Phi) is 5.70. The molecule has 0 heterocycles. The minimum Gasteiger partial charge on any atom is -0.481 e. The summed E-state index contributed by atoms with van der Waals surface area (Å²) in [6.45, 7) is 5.98. The molecule has 0 fully saturated rings. The van der Waals surface area contributed by atoms with Crippen LogP contribution < -0.4 is 0 Å². The van der Waals surface area contributed by atoms with Crippen molar-refractivity contribution in [1.82, 2.24) is 5.06 Å². The molecule has 1 N–H and O–H groups in total. The van der Waals surface area contributed by atoms with Gasteiger partial charge in [0.15, 0.2) is 0 Å². The van der Waals surface area contributed by atoms with E-state index in [9.17, 15) is 9.59 Å². The van der Waals surface area contributed by atoms with E-state index in [1.165, 1.54) is 5.06 Å². The molecule has 20 heavy (non-hydrogen) atoms. The summed E-state index contributed by atoms with van der Waals surface area (Å²) >= 11 is 0. The molecule has 5 nitrogen and oxygen atoms in total. The number of nitrogens with zero attached hydrogens (tertiary/aromatic N) is 1. The Labute approximate surface area is 119 Å². The third-order valence-electron chi connectivity index (χ3n) is 2.50. The lowest BCUT2D eigenvalue weighted by Gasteiger charge is -2.26. The SMILES string of the molecule is CC(C)(C)ON(C=O)Cc1ccc(CCC(=O)O)cc1. The highest BCUT2D eigenvalue weighted by Crippen LogP contribution is 2.13. The number of carbonyl (C=O) groups is 2. The van der Waals surface area contributed by atoms with Crippen molar-refractivity contribution in [1.29, 1.82) is 0 Å². The van der Waals surface area contributed by atoms with E-state index in [0.717, 1.165) is 11.1 Å². The van der Waals surface area contributed by atoms with Gasteiger partial charge in [-0.2, -0.15) is 0 Å². The van der Waals surface area contributed by atoms with E-state index in [2.05, 4.69) is 0 Å². The standard InChI is InChI=1S/C15H21NO4/c1-15(2,3)20-16(11-17)10-13-6-4-12(5-7-13)8-9-14(18)19/h4-7,11H,8-10H2,1-3H3,(H,18,19). The van der Waals surface area contributed by atoms with Crippen LogP contribution in [0.5, 0.6) is 0 Å². The molecule has 0 radical (unpaired) electrons. The molecule has 0 aliphatic rings. The molecule has 0 saturated carbocycles. The van der Waals surface area contributed by atoms with E-state index >= 15 is 0 Å². The van der Waals surface area contributed by atoms with Crippen molar-refractivity contribution in [3.63, 3.8) is 0 Å². The average molecular weight is 279 g/mol. The van der Waals surface area contributed by atoms with Crippen molar-refractivity contribution in [2.45, 2.75) is 45.8 Å². The number of rotatable bonds is 7. The molecule has 0 unspecified atom stereocenters. The highest BCUT2D eigenvalue weighted by Gasteiger charge is 2.16. The van der Waals surface area contributed by atoms with E-state index in [4.69, 9.17) is 9.94 Å². The van der Waals surface area contributed by atoms with Gasteiger partial charge in [-0.15, -0.1) is 0 Å². The molecular formula is C15H21NO4. The van der Waals surface area contributed by atoms with Crippen molar-refractivity contribution in [3.8, 4) is 0 Å². The number of aryl methyl sites for hydroxylation is 1. The van der Waals surface area contributed by atoms with Crippen molar-refractivity contribution in [2.24, 2.45) is 0 Å². The van der Waals surface area contributed by atoms with Crippen LogP contribution in [-0.2, 0) is 27.4 Å². The maximum absolute atomic E-state index is 11.0. The number of hydrogen-bond acceptors (Lipinski definition) is 3. The van der Waals surface area contributed by atoms with Gasteiger partial charge in [-0.25, -0.2) is 5.06 Å². The van der Waals surface area contributed by atoms with E-state index in [-0.39, 0.29) is 6.42 Å². The molecule has 0 aromatic heterocycles. The Balaban J connectivity index is 2.59. The van der Waals surface area contributed by atoms with Gasteiger partial charge in [0.1, 0.15) is 0 Å². The van der Waals surface area contributed by atoms with Crippen LogP contribution in [0.1, 0.15) is 38.3 Å². The monoisotopic (exact) mass is 279 g/mol. The first-order chi connectivity index (χ1) is 9.30. The number of hydroxylamine groups is 2. The molecule has 1 amide bonds. The van der Waals surface area contributed by atoms with Gasteiger partial charge >= 0.3 is 5.97 Å². The first kappa shape index (κ1) is 16.2. The quantitative estimate of drug-likeness (QED) is 0.614. The smallest absolute Gasteiger partial charge is 0.303 e. The van der Waals surface area contributed by atoms with Gasteiger partial charge in [-0.3, -0.25) is 14.4 Å². The van der Waals surface area contributed by atoms with Crippen LogP contribution in [0.4, 0.5) is 0 Å². The van der Waals surface area contributed by atoms with Crippen molar-refractivity contribution >= 4 is 12.4 Å². The molecule has 1 aromatic rings. The summed E-state index contributed by atoms with van der Waals surface area (Å²) in [6.07, 6.45) is 1.28. The Bertz CT molecular complexity index is 448. The molecule has 0 atom stereocenters. The largest absolute Gasteiger partial charge is 0.481 e. The molecule has 110 valence electrons. The molecule has 1 rings (SSSR count). The Morgan fingerprint density at radius 1 is 1.25 bits per heavy atom. The lowest BCUT2D eigenvalue weighted by Crippen LogP contribution is -2.32. The van der Waals surface area contributed by atoms with Crippen LogP contribution >= 0.6 is 0 Å². The first-order valence-electron chi connectivity index (χ1n) is 6.51. The van der Waals surface area contributed by atoms with Crippen LogP contribution in [0, 0.1) is 0 Å². The van der Waals surface area contributed by atoms with Crippen LogP contribution in [0.3, 0.4) is 0 Å². The predicted octanol–water partition coefficient (Wildman–Crippen LogP) is 2.39. The highest BCUT2D eigenvalue weighted by molar-refractivity contribution is 5.67. The Hall–Kier alpha value is -1.88. The number of aliphatic carboxylic acids is 1. The topological polar surface area (TPSA) is 66.8 Å². The first-order valence-corrected chi connectivity index (χ1v) is 6.51. The molecule has 0 spiro atoms. The number of benzene rings is 1. The fourth-order valence-electron chi connectivity index (χ4n) is 1.69. The molecule has 0 aliphatic carbocycles. The summed E-state index contributed by atoms with van der Waals surface area (Å²) in [4.78, 5) is 26.9. The second kappa shape index (κ2) is 7.05. The van der Waals surface area contributed by atoms with E-state index in [0.29, 0.717) is 19.4 Å². The predicted molar refractivity (Wildman–Crippen MR) is 74.8 cm³/mol. The Morgan fingerprint density at radius 2 is 1.80 bits per heavy atom. The van der Waals surface area contributed by atoms with Gasteiger partial charge in [-0.1, -0.05) is 24.3 Å². The molecular weight excluding hydrogens is 258 g/mol. The number of amides is 1. The lowest BCUT2D eigenvalue weighted by atomic mass is 10.1. The number of carbonyl (C=O) groups excluding carboxylic acids is 1. The van der Waals surface area contributed by atoms with Crippen molar-refractivity contribution in [3.05, 3.63) is 35.4 Å². The third kappa shape index (κ3) is 6.33. The van der Waals surface area contributed by atoms with Crippen LogP contribution in [0.15, 0.2) is 24.3 Å². The minimum atomic E-state index is -0.806. The number of carboxylic acids is 1. The molecule has 0 bridgehead atoms. The van der Waals surface area contributed by atoms with E-state index < -0.39 is 11.6 Å². The summed E-state index contributed by atoms with van der Waals surface area (Å²) in [6, 6.07) is 7.50. The summed E-state index contributed by atoms with van der Waals surface area (Å²) < 4.78 is 0. The zero-order valence-electron chi connectivity index (χ0n) is 12.1. The van der Waals surface area contributed by atoms with Gasteiger partial charge in [-0.05, 0) is 38.3 Å². The fraction of sp³-hybridized carbons (Fsp3) is 0.467. The zero-order chi connectivity index (χ0) is 15.2. The van der Waals surface area contributed by atoms with Crippen LogP contribution in [0.25, 0.3) is 0 Å². The summed E-state index contributed by atoms with van der Waals surface area (Å²) in [5.74, 6) is -0.806. The van der Waals surface area contributed by atoms with Gasteiger partial charge in [0.25, 0.3) is 0 Å². The van der Waals surface area contributed by atoms with Gasteiger partial charge in [0.2, 0.25) is 6.41 Å². The van der Waals surface area contributed by atoms with Gasteiger partial charge in [0, 0.05) is 6.42 Å². The maximum atomic E-state index is 11.0. The normalized spacial score (nSPS) is 11.2. The fourth-order valence-corrected chi connectivity index (χ4v) is 1.69. The average Bonchev–Trinajstić information content (AvgIpc) is 2.35. The Morgan fingerprint density at radius 3 is 2.25 bits per heavy atom. The van der Waals surface area contributed by atoms with Gasteiger partial charge < -0.3 is 5.11 Å². The summed E-state index contributed by atoms with van der Waals surface area (Å²) in [7, 11) is 0. The third-order valence-corrected chi connectivity index (χ3v) is 2.50. The lowest BCUT2D eigenvalue weighted by molar-refractivity contribution is -0.220. The number of carboxylic acid groups (broad SMARTS) is 1. The van der Waals surface area contributed by atoms with Crippen LogP contribution in [-0.4, -0.2) is 28.2 Å². The van der Waals surface area contributed by atoms with E-state index in [1.807, 2.05) is 45.0 Å². The molecule has 5 heteroatoms. The van der Waals surface area contributed by atoms with Crippen molar-refractivity contribution in [2.75, 3.05) is 0 Å². The second-order valence-electron chi connectivity index (χ2n) is 5.59. The van der Waals surface area contributed by atoms with Crippen molar-refractivity contribution < 1.29 is 19.5 Å². The maximum Gasteiger partial charge on any atom is 0.303 e. The van der Waals surface area contributed by atoms with E-state index in [1.54, 1.807) is 0 Å². The zero-order valence-corrected chi connectivity index (χ0v) is 12.1. The highest BCUT2D eigenvalue weighted by atomic mass is 16.7. The number of hydrogen-bond donors (Lipinski definition) is 1. The molecule has 1 aromatic carbocycles. The minimum absolute atomic E-state index is 0.118. The van der Waals surface area contributed by atoms with Crippen LogP contribution in [0.2, 0.25) is 0 Å². The summed E-state index contributed by atoms with van der Waals surface area (Å²) in [5.41, 5.74) is 1.47. The second-order valence-corrected chi connectivity index (χ2v) is 5.59. The molecule has 0 saturated heterocycles. The summed E-state index contributed by atoms with van der Waals surface area (Å²) in [5, 5.41) is 9.88.